The van der Waals surface area contributed by atoms with Crippen molar-refractivity contribution in [1.82, 2.24) is 10.2 Å². The average molecular weight is 544 g/mol. The second-order valence-corrected chi connectivity index (χ2v) is 11.3. The predicted molar refractivity (Wildman–Crippen MR) is 144 cm³/mol. The number of aliphatic hydroxyl groups is 1. The molecule has 4 atom stereocenters. The van der Waals surface area contributed by atoms with Crippen LogP contribution in [-0.2, 0) is 11.2 Å². The van der Waals surface area contributed by atoms with Gasteiger partial charge in [0.25, 0.3) is 5.91 Å². The maximum Gasteiger partial charge on any atom is 0.255 e. The highest BCUT2D eigenvalue weighted by Crippen LogP contribution is 2.47. The third kappa shape index (κ3) is 4.92. The van der Waals surface area contributed by atoms with Crippen molar-refractivity contribution in [3.05, 3.63) is 91.6 Å². The minimum Gasteiger partial charge on any atom is -0.391 e. The van der Waals surface area contributed by atoms with Gasteiger partial charge in [-0.15, -0.1) is 11.3 Å². The quantitative estimate of drug-likeness (QED) is 0.401. The molecule has 5 nitrogen and oxygen atoms in total. The number of halogens is 2. The summed E-state index contributed by atoms with van der Waals surface area (Å²) in [4.78, 5) is 30.8. The van der Waals surface area contributed by atoms with Crippen LogP contribution >= 0.6 is 34.5 Å². The molecule has 1 aliphatic carbocycles. The highest BCUT2D eigenvalue weighted by molar-refractivity contribution is 7.09. The van der Waals surface area contributed by atoms with Crippen molar-refractivity contribution in [3.8, 4) is 0 Å². The summed E-state index contributed by atoms with van der Waals surface area (Å²) in [6.45, 7) is 0.485. The smallest absolute Gasteiger partial charge is 0.255 e. The van der Waals surface area contributed by atoms with Crippen molar-refractivity contribution in [3.63, 3.8) is 0 Å². The van der Waals surface area contributed by atoms with Gasteiger partial charge in [0.05, 0.1) is 24.1 Å². The van der Waals surface area contributed by atoms with Gasteiger partial charge in [0.15, 0.2) is 0 Å². The molecule has 2 aromatic carbocycles. The second kappa shape index (κ2) is 10.9. The minimum atomic E-state index is -0.685. The molecule has 1 aliphatic heterocycles. The Morgan fingerprint density at radius 3 is 2.61 bits per heavy atom. The fourth-order valence-electron chi connectivity index (χ4n) is 5.56. The summed E-state index contributed by atoms with van der Waals surface area (Å²) in [5.41, 5.74) is 1.82. The molecule has 0 spiro atoms. The van der Waals surface area contributed by atoms with E-state index in [1.54, 1.807) is 40.5 Å². The largest absolute Gasteiger partial charge is 0.391 e. The molecule has 1 fully saturated rings. The van der Waals surface area contributed by atoms with Crippen LogP contribution in [0, 0.1) is 0 Å². The minimum absolute atomic E-state index is 0.169. The van der Waals surface area contributed by atoms with Crippen LogP contribution in [0.25, 0.3) is 0 Å². The summed E-state index contributed by atoms with van der Waals surface area (Å²) >= 11 is 14.6. The molecular weight excluding hydrogens is 515 g/mol. The van der Waals surface area contributed by atoms with E-state index in [9.17, 15) is 14.7 Å². The van der Waals surface area contributed by atoms with Crippen molar-refractivity contribution in [1.29, 1.82) is 0 Å². The highest BCUT2D eigenvalue weighted by Gasteiger charge is 2.48. The lowest BCUT2D eigenvalue weighted by Gasteiger charge is -2.48. The third-order valence-corrected chi connectivity index (χ3v) is 8.74. The first-order chi connectivity index (χ1) is 17.5. The lowest BCUT2D eigenvalue weighted by atomic mass is 9.76. The zero-order valence-corrected chi connectivity index (χ0v) is 22.0. The van der Waals surface area contributed by atoms with Gasteiger partial charge in [0.2, 0.25) is 5.91 Å². The predicted octanol–water partition coefficient (Wildman–Crippen LogP) is 6.00. The van der Waals surface area contributed by atoms with Crippen molar-refractivity contribution < 1.29 is 14.7 Å². The third-order valence-electron chi connectivity index (χ3n) is 7.24. The molecule has 2 amide bonds. The lowest BCUT2D eigenvalue weighted by Crippen LogP contribution is -2.55. The fourth-order valence-corrected chi connectivity index (χ4v) is 6.79. The van der Waals surface area contributed by atoms with Crippen molar-refractivity contribution in [2.45, 2.75) is 56.2 Å². The first-order valence-electron chi connectivity index (χ1n) is 12.3. The summed E-state index contributed by atoms with van der Waals surface area (Å²) in [5.74, 6) is -1.04. The molecule has 36 heavy (non-hydrogen) atoms. The number of carbonyl (C=O) groups excluding carboxylic acids is 2. The molecule has 2 aliphatic rings. The summed E-state index contributed by atoms with van der Waals surface area (Å²) in [5, 5.41) is 17.0. The van der Waals surface area contributed by atoms with E-state index in [-0.39, 0.29) is 11.8 Å². The van der Waals surface area contributed by atoms with Crippen LogP contribution in [0.4, 0.5) is 0 Å². The number of hydrogen-bond acceptors (Lipinski definition) is 4. The molecule has 5 rings (SSSR count). The van der Waals surface area contributed by atoms with E-state index in [0.717, 1.165) is 19.3 Å². The number of amides is 2. The normalized spacial score (nSPS) is 23.9. The molecule has 188 valence electrons. The van der Waals surface area contributed by atoms with E-state index in [4.69, 9.17) is 23.2 Å². The molecule has 0 bridgehead atoms. The van der Waals surface area contributed by atoms with E-state index in [2.05, 4.69) is 5.32 Å². The van der Waals surface area contributed by atoms with Gasteiger partial charge < -0.3 is 15.3 Å². The van der Waals surface area contributed by atoms with Gasteiger partial charge in [-0.05, 0) is 60.0 Å². The van der Waals surface area contributed by atoms with Crippen LogP contribution in [0.3, 0.4) is 0 Å². The second-order valence-electron chi connectivity index (χ2n) is 9.43. The Hall–Kier alpha value is -2.38. The molecule has 0 saturated heterocycles. The van der Waals surface area contributed by atoms with Gasteiger partial charge in [0.1, 0.15) is 0 Å². The number of nitrogens with zero attached hydrogens (tertiary/aromatic N) is 1. The summed E-state index contributed by atoms with van der Waals surface area (Å²) in [6.07, 6.45) is 3.18. The van der Waals surface area contributed by atoms with Crippen molar-refractivity contribution >= 4 is 46.4 Å². The number of aliphatic hydroxyl groups excluding tert-OH is 1. The lowest BCUT2D eigenvalue weighted by molar-refractivity contribution is -0.125. The number of thiophene rings is 1. The number of rotatable bonds is 6. The van der Waals surface area contributed by atoms with E-state index in [1.807, 2.05) is 35.7 Å². The van der Waals surface area contributed by atoms with E-state index in [1.165, 1.54) is 4.88 Å². The zero-order valence-electron chi connectivity index (χ0n) is 19.7. The SMILES string of the molecule is O=C(NCCc1cccs1)[C@@H]1c2ccccc2C(=O)N([C@H]2CCCC[C@@H]2O)[C@H]1c1ccc(Cl)cc1Cl. The molecule has 0 unspecified atom stereocenters. The Bertz CT molecular complexity index is 1250. The molecule has 2 heterocycles. The Balaban J connectivity index is 1.59. The number of fused-ring (bicyclic) bond motifs is 1. The van der Waals surface area contributed by atoms with Gasteiger partial charge in [-0.25, -0.2) is 0 Å². The van der Waals surface area contributed by atoms with Crippen LogP contribution in [0.2, 0.25) is 10.0 Å². The Kier molecular flexibility index (Phi) is 7.68. The molecular formula is C28H28Cl2N2O3S. The summed E-state index contributed by atoms with van der Waals surface area (Å²) in [7, 11) is 0. The Morgan fingerprint density at radius 2 is 1.86 bits per heavy atom. The Morgan fingerprint density at radius 1 is 1.06 bits per heavy atom. The molecule has 1 saturated carbocycles. The molecule has 3 aromatic rings. The van der Waals surface area contributed by atoms with Gasteiger partial charge in [0, 0.05) is 27.0 Å². The molecule has 8 heteroatoms. The molecule has 0 radical (unpaired) electrons. The first kappa shape index (κ1) is 25.3. The number of benzene rings is 2. The van der Waals surface area contributed by atoms with Gasteiger partial charge in [-0.3, -0.25) is 9.59 Å². The Labute approximate surface area is 225 Å². The zero-order chi connectivity index (χ0) is 25.2. The van der Waals surface area contributed by atoms with Crippen LogP contribution in [0.5, 0.6) is 0 Å². The van der Waals surface area contributed by atoms with Crippen LogP contribution in [0.1, 0.15) is 64.0 Å². The number of carbonyl (C=O) groups is 2. The van der Waals surface area contributed by atoms with Crippen molar-refractivity contribution in [2.24, 2.45) is 0 Å². The first-order valence-corrected chi connectivity index (χ1v) is 13.9. The topological polar surface area (TPSA) is 69.6 Å². The van der Waals surface area contributed by atoms with Gasteiger partial charge >= 0.3 is 0 Å². The average Bonchev–Trinajstić information content (AvgIpc) is 3.38. The standard InChI is InChI=1S/C28H28Cl2N2O3S/c29-17-11-12-21(22(30)16-17)26-25(27(34)31-14-13-18-6-5-15-36-18)19-7-1-2-8-20(19)28(35)32(26)23-9-3-4-10-24(23)33/h1-2,5-8,11-12,15-16,23-26,33H,3-4,9-10,13-14H2,(H,31,34)/t23-,24-,25+,26-/m0/s1. The van der Waals surface area contributed by atoms with Gasteiger partial charge in [-0.1, -0.05) is 66.4 Å². The van der Waals surface area contributed by atoms with Crippen molar-refractivity contribution in [2.75, 3.05) is 6.54 Å². The van der Waals surface area contributed by atoms with Crippen LogP contribution in [-0.4, -0.2) is 40.5 Å². The highest BCUT2D eigenvalue weighted by atomic mass is 35.5. The van der Waals surface area contributed by atoms with Crippen LogP contribution < -0.4 is 5.32 Å². The van der Waals surface area contributed by atoms with E-state index >= 15 is 0 Å². The fraction of sp³-hybridized carbons (Fsp3) is 0.357. The number of hydrogen-bond donors (Lipinski definition) is 2. The van der Waals surface area contributed by atoms with E-state index in [0.29, 0.717) is 46.1 Å². The molecule has 1 aromatic heterocycles. The van der Waals surface area contributed by atoms with Crippen LogP contribution in [0.15, 0.2) is 60.0 Å². The molecule has 2 N–H and O–H groups in total. The summed E-state index contributed by atoms with van der Waals surface area (Å²) in [6, 6.07) is 15.4. The monoisotopic (exact) mass is 542 g/mol. The van der Waals surface area contributed by atoms with Gasteiger partial charge in [-0.2, -0.15) is 0 Å². The van der Waals surface area contributed by atoms with E-state index < -0.39 is 24.1 Å². The summed E-state index contributed by atoms with van der Waals surface area (Å²) < 4.78 is 0. The maximum absolute atomic E-state index is 14.0. The maximum atomic E-state index is 14.0. The number of nitrogens with one attached hydrogen (secondary N) is 1.